The van der Waals surface area contributed by atoms with Gasteiger partial charge in [-0.3, -0.25) is 0 Å². The van der Waals surface area contributed by atoms with Crippen molar-refractivity contribution < 1.29 is 0 Å². The highest BCUT2D eigenvalue weighted by Gasteiger charge is 2.16. The van der Waals surface area contributed by atoms with E-state index in [0.717, 1.165) is 34.8 Å². The van der Waals surface area contributed by atoms with E-state index in [2.05, 4.69) is 48.9 Å². The molecule has 1 aromatic heterocycles. The minimum atomic E-state index is 0.660. The molecule has 0 aliphatic carbocycles. The summed E-state index contributed by atoms with van der Waals surface area (Å²) in [5.41, 5.74) is 6.99. The van der Waals surface area contributed by atoms with E-state index in [9.17, 15) is 0 Å². The van der Waals surface area contributed by atoms with Crippen LogP contribution in [-0.2, 0) is 19.4 Å². The third kappa shape index (κ3) is 3.49. The Morgan fingerprint density at radius 3 is 3.00 bits per heavy atom. The third-order valence-electron chi connectivity index (χ3n) is 3.72. The summed E-state index contributed by atoms with van der Waals surface area (Å²) < 4.78 is 3.37. The van der Waals surface area contributed by atoms with E-state index in [0.29, 0.717) is 6.54 Å². The van der Waals surface area contributed by atoms with E-state index < -0.39 is 0 Å². The number of aryl methyl sites for hydroxylation is 1. The molecule has 3 rings (SSSR count). The average Bonchev–Trinajstić information content (AvgIpc) is 2.71. The van der Waals surface area contributed by atoms with Crippen molar-refractivity contribution in [1.82, 2.24) is 14.8 Å². The van der Waals surface area contributed by atoms with Gasteiger partial charge in [0.2, 0.25) is 0 Å². The lowest BCUT2D eigenvalue weighted by atomic mass is 10.1. The summed E-state index contributed by atoms with van der Waals surface area (Å²) in [6, 6.07) is 6.35. The zero-order valence-electron chi connectivity index (χ0n) is 11.9. The smallest absolute Gasteiger partial charge is 0.196 e. The summed E-state index contributed by atoms with van der Waals surface area (Å²) in [4.78, 5) is 1.22. The number of hydrogen-bond donors (Lipinski definition) is 1. The van der Waals surface area contributed by atoms with Gasteiger partial charge in [0.15, 0.2) is 5.16 Å². The molecular weight excluding hydrogens is 348 g/mol. The van der Waals surface area contributed by atoms with Crippen LogP contribution in [0.1, 0.15) is 30.7 Å². The molecule has 1 aromatic carbocycles. The van der Waals surface area contributed by atoms with Crippen LogP contribution in [0.3, 0.4) is 0 Å². The van der Waals surface area contributed by atoms with Crippen LogP contribution in [0.25, 0.3) is 0 Å². The Balaban J connectivity index is 1.90. The Kier molecular flexibility index (Phi) is 4.98. The molecule has 0 spiro atoms. The van der Waals surface area contributed by atoms with E-state index in [4.69, 9.17) is 5.73 Å². The fraction of sp³-hybridized carbons (Fsp3) is 0.467. The first-order chi connectivity index (χ1) is 10.3. The van der Waals surface area contributed by atoms with Gasteiger partial charge in [-0.1, -0.05) is 28.4 Å². The highest BCUT2D eigenvalue weighted by molar-refractivity contribution is 9.10. The molecule has 2 N–H and O–H groups in total. The molecule has 0 atom stereocenters. The number of benzene rings is 1. The van der Waals surface area contributed by atoms with E-state index >= 15 is 0 Å². The van der Waals surface area contributed by atoms with Crippen molar-refractivity contribution in [2.24, 2.45) is 5.73 Å². The largest absolute Gasteiger partial charge is 0.330 e. The zero-order valence-corrected chi connectivity index (χ0v) is 14.3. The summed E-state index contributed by atoms with van der Waals surface area (Å²) in [6.45, 7) is 1.69. The second-order valence-corrected chi connectivity index (χ2v) is 7.18. The minimum Gasteiger partial charge on any atom is -0.330 e. The van der Waals surface area contributed by atoms with Gasteiger partial charge in [0.25, 0.3) is 0 Å². The molecular formula is C15H19BrN4S. The van der Waals surface area contributed by atoms with Crippen LogP contribution < -0.4 is 5.73 Å². The topological polar surface area (TPSA) is 56.7 Å². The number of hydrogen-bond acceptors (Lipinski definition) is 4. The molecule has 1 aliphatic heterocycles. The summed E-state index contributed by atoms with van der Waals surface area (Å²) in [7, 11) is 0. The first kappa shape index (κ1) is 15.1. The number of nitrogens with zero attached hydrogens (tertiary/aromatic N) is 3. The first-order valence-corrected chi connectivity index (χ1v) is 8.97. The van der Waals surface area contributed by atoms with Crippen molar-refractivity contribution in [2.45, 2.75) is 48.7 Å². The predicted octanol–water partition coefficient (Wildman–Crippen LogP) is 3.42. The zero-order chi connectivity index (χ0) is 14.7. The highest BCUT2D eigenvalue weighted by atomic mass is 79.9. The maximum Gasteiger partial charge on any atom is 0.196 e. The van der Waals surface area contributed by atoms with Crippen LogP contribution in [0.4, 0.5) is 0 Å². The molecule has 0 radical (unpaired) electrons. The van der Waals surface area contributed by atoms with Crippen LogP contribution >= 0.6 is 27.7 Å². The summed E-state index contributed by atoms with van der Waals surface area (Å²) in [5.74, 6) is 1.13. The second-order valence-electron chi connectivity index (χ2n) is 5.25. The average molecular weight is 367 g/mol. The lowest BCUT2D eigenvalue weighted by molar-refractivity contribution is 0.591. The number of nitrogens with two attached hydrogens (primary N) is 1. The normalized spacial score (nSPS) is 14.8. The van der Waals surface area contributed by atoms with Crippen molar-refractivity contribution in [2.75, 3.05) is 6.54 Å². The SMILES string of the molecule is NCCc1ccc(Br)cc1Sc1nnc2n1CCCCC2. The van der Waals surface area contributed by atoms with E-state index in [1.165, 1.54) is 29.7 Å². The van der Waals surface area contributed by atoms with Crippen LogP contribution in [0.5, 0.6) is 0 Å². The number of rotatable bonds is 4. The van der Waals surface area contributed by atoms with E-state index in [1.807, 2.05) is 0 Å². The molecule has 2 heterocycles. The summed E-state index contributed by atoms with van der Waals surface area (Å²) in [6.07, 6.45) is 5.64. The van der Waals surface area contributed by atoms with Gasteiger partial charge in [-0.2, -0.15) is 0 Å². The minimum absolute atomic E-state index is 0.660. The van der Waals surface area contributed by atoms with Gasteiger partial charge >= 0.3 is 0 Å². The number of aromatic nitrogens is 3. The molecule has 0 unspecified atom stereocenters. The van der Waals surface area contributed by atoms with Crippen molar-refractivity contribution in [3.05, 3.63) is 34.1 Å². The third-order valence-corrected chi connectivity index (χ3v) is 5.30. The maximum absolute atomic E-state index is 5.72. The molecule has 2 aromatic rings. The maximum atomic E-state index is 5.72. The molecule has 0 saturated heterocycles. The van der Waals surface area contributed by atoms with Crippen LogP contribution in [-0.4, -0.2) is 21.3 Å². The number of fused-ring (bicyclic) bond motifs is 1. The number of halogens is 1. The molecule has 112 valence electrons. The second kappa shape index (κ2) is 6.94. The van der Waals surface area contributed by atoms with Crippen LogP contribution in [0, 0.1) is 0 Å². The van der Waals surface area contributed by atoms with E-state index in [1.54, 1.807) is 11.8 Å². The van der Waals surface area contributed by atoms with Gasteiger partial charge in [-0.05, 0) is 55.3 Å². The Hall–Kier alpha value is -0.850. The molecule has 0 saturated carbocycles. The monoisotopic (exact) mass is 366 g/mol. The van der Waals surface area contributed by atoms with Crippen LogP contribution in [0.2, 0.25) is 0 Å². The quantitative estimate of drug-likeness (QED) is 0.900. The highest BCUT2D eigenvalue weighted by Crippen LogP contribution is 2.33. The first-order valence-electron chi connectivity index (χ1n) is 7.36. The molecule has 4 nitrogen and oxygen atoms in total. The molecule has 0 amide bonds. The van der Waals surface area contributed by atoms with Gasteiger partial charge in [-0.15, -0.1) is 10.2 Å². The Bertz CT molecular complexity index is 626. The summed E-state index contributed by atoms with van der Waals surface area (Å²) >= 11 is 5.25. The van der Waals surface area contributed by atoms with E-state index in [-0.39, 0.29) is 0 Å². The molecule has 0 fully saturated rings. The fourth-order valence-electron chi connectivity index (χ4n) is 2.62. The van der Waals surface area contributed by atoms with Gasteiger partial charge in [0, 0.05) is 22.3 Å². The van der Waals surface area contributed by atoms with Gasteiger partial charge in [0.1, 0.15) is 5.82 Å². The Labute approximate surface area is 137 Å². The molecule has 21 heavy (non-hydrogen) atoms. The predicted molar refractivity (Wildman–Crippen MR) is 88.6 cm³/mol. The van der Waals surface area contributed by atoms with Crippen molar-refractivity contribution in [1.29, 1.82) is 0 Å². The van der Waals surface area contributed by atoms with Gasteiger partial charge in [0.05, 0.1) is 0 Å². The van der Waals surface area contributed by atoms with Crippen molar-refractivity contribution >= 4 is 27.7 Å². The Morgan fingerprint density at radius 1 is 1.24 bits per heavy atom. The molecule has 0 bridgehead atoms. The fourth-order valence-corrected chi connectivity index (χ4v) is 4.20. The standard InChI is InChI=1S/C15H19BrN4S/c16-12-6-5-11(7-8-17)13(10-12)21-15-19-18-14-4-2-1-3-9-20(14)15/h5-6,10H,1-4,7-9,17H2. The van der Waals surface area contributed by atoms with Crippen molar-refractivity contribution in [3.8, 4) is 0 Å². The van der Waals surface area contributed by atoms with Crippen molar-refractivity contribution in [3.63, 3.8) is 0 Å². The molecule has 6 heteroatoms. The Morgan fingerprint density at radius 2 is 2.14 bits per heavy atom. The molecule has 1 aliphatic rings. The lowest BCUT2D eigenvalue weighted by Gasteiger charge is -2.10. The van der Waals surface area contributed by atoms with Gasteiger partial charge < -0.3 is 10.3 Å². The van der Waals surface area contributed by atoms with Crippen LogP contribution in [0.15, 0.2) is 32.7 Å². The lowest BCUT2D eigenvalue weighted by Crippen LogP contribution is -2.05. The van der Waals surface area contributed by atoms with Gasteiger partial charge in [-0.25, -0.2) is 0 Å². The summed E-state index contributed by atoms with van der Waals surface area (Å²) in [5, 5.41) is 9.76.